The lowest BCUT2D eigenvalue weighted by atomic mass is 10.2. The zero-order valence-electron chi connectivity index (χ0n) is 15.9. The number of amides is 2. The Bertz CT molecular complexity index is 1130. The first kappa shape index (κ1) is 22.6. The number of nitrogens with one attached hydrogen (secondary N) is 2. The van der Waals surface area contributed by atoms with Gasteiger partial charge >= 0.3 is 0 Å². The first-order chi connectivity index (χ1) is 14.7. The number of ether oxygens (including phenoxy) is 1. The number of rotatable bonds is 5. The van der Waals surface area contributed by atoms with Crippen LogP contribution in [0.25, 0.3) is 0 Å². The van der Waals surface area contributed by atoms with Gasteiger partial charge in [0.2, 0.25) is 10.0 Å². The monoisotopic (exact) mass is 468 g/mol. The van der Waals surface area contributed by atoms with E-state index in [0.29, 0.717) is 0 Å². The predicted octanol–water partition coefficient (Wildman–Crippen LogP) is 1.34. The van der Waals surface area contributed by atoms with E-state index in [9.17, 15) is 28.1 Å². The predicted molar refractivity (Wildman–Crippen MR) is 109 cm³/mol. The molecule has 0 atom stereocenters. The molecule has 2 aromatic carbocycles. The molecule has 1 fully saturated rings. The van der Waals surface area contributed by atoms with Crippen LogP contribution in [0.15, 0.2) is 47.4 Å². The standard InChI is InChI=1S/C18H17ClN4O7S/c19-15-5-4-13(11-16(15)23(26)27)18(25)21-20-17(24)12-2-1-3-14(10-12)31(28,29)22-6-8-30-9-7-22/h1-5,10-11H,6-9H2,(H,20,24)(H,21,25). The average molecular weight is 469 g/mol. The van der Waals surface area contributed by atoms with E-state index in [2.05, 4.69) is 10.9 Å². The van der Waals surface area contributed by atoms with Crippen LogP contribution in [-0.2, 0) is 14.8 Å². The highest BCUT2D eigenvalue weighted by molar-refractivity contribution is 7.89. The quantitative estimate of drug-likeness (QED) is 0.497. The molecule has 31 heavy (non-hydrogen) atoms. The number of nitro benzene ring substituents is 1. The van der Waals surface area contributed by atoms with E-state index < -0.39 is 32.4 Å². The number of nitro groups is 1. The second-order valence-electron chi connectivity index (χ2n) is 6.38. The molecule has 164 valence electrons. The zero-order valence-corrected chi connectivity index (χ0v) is 17.5. The van der Waals surface area contributed by atoms with Gasteiger partial charge in [-0.15, -0.1) is 0 Å². The fourth-order valence-electron chi connectivity index (χ4n) is 2.79. The summed E-state index contributed by atoms with van der Waals surface area (Å²) in [5.74, 6) is -1.58. The number of nitrogens with zero attached hydrogens (tertiary/aromatic N) is 2. The Morgan fingerprint density at radius 1 is 1.03 bits per heavy atom. The fraction of sp³-hybridized carbons (Fsp3) is 0.222. The van der Waals surface area contributed by atoms with E-state index in [1.54, 1.807) is 0 Å². The van der Waals surface area contributed by atoms with Crippen molar-refractivity contribution < 1.29 is 27.7 Å². The van der Waals surface area contributed by atoms with Crippen molar-refractivity contribution >= 4 is 39.1 Å². The van der Waals surface area contributed by atoms with E-state index >= 15 is 0 Å². The number of hydrazine groups is 1. The first-order valence-electron chi connectivity index (χ1n) is 8.93. The number of hydrogen-bond acceptors (Lipinski definition) is 7. The molecule has 2 N–H and O–H groups in total. The van der Waals surface area contributed by atoms with E-state index in [0.717, 1.165) is 6.07 Å². The Kier molecular flexibility index (Phi) is 6.85. The third-order valence-corrected chi connectivity index (χ3v) is 6.61. The highest BCUT2D eigenvalue weighted by atomic mass is 35.5. The van der Waals surface area contributed by atoms with Gasteiger partial charge in [-0.1, -0.05) is 17.7 Å². The Morgan fingerprint density at radius 2 is 1.65 bits per heavy atom. The highest BCUT2D eigenvalue weighted by Gasteiger charge is 2.27. The van der Waals surface area contributed by atoms with Crippen LogP contribution in [-0.4, -0.2) is 55.8 Å². The summed E-state index contributed by atoms with van der Waals surface area (Å²) in [6.07, 6.45) is 0. The average Bonchev–Trinajstić information content (AvgIpc) is 2.78. The van der Waals surface area contributed by atoms with Gasteiger partial charge in [-0.2, -0.15) is 4.31 Å². The lowest BCUT2D eigenvalue weighted by molar-refractivity contribution is -0.384. The lowest BCUT2D eigenvalue weighted by Gasteiger charge is -2.26. The van der Waals surface area contributed by atoms with Crippen LogP contribution in [0.4, 0.5) is 5.69 Å². The van der Waals surface area contributed by atoms with Crippen LogP contribution in [0.2, 0.25) is 5.02 Å². The number of benzene rings is 2. The molecule has 0 radical (unpaired) electrons. The van der Waals surface area contributed by atoms with Gasteiger partial charge in [0, 0.05) is 30.3 Å². The molecule has 1 heterocycles. The van der Waals surface area contributed by atoms with Crippen molar-refractivity contribution in [3.63, 3.8) is 0 Å². The van der Waals surface area contributed by atoms with E-state index in [1.807, 2.05) is 0 Å². The molecule has 3 rings (SSSR count). The summed E-state index contributed by atoms with van der Waals surface area (Å²) in [5, 5.41) is 10.8. The summed E-state index contributed by atoms with van der Waals surface area (Å²) >= 11 is 5.71. The van der Waals surface area contributed by atoms with Crippen LogP contribution in [0.3, 0.4) is 0 Å². The molecule has 13 heteroatoms. The maximum atomic E-state index is 12.7. The second-order valence-corrected chi connectivity index (χ2v) is 8.72. The van der Waals surface area contributed by atoms with Crippen molar-refractivity contribution in [2.24, 2.45) is 0 Å². The van der Waals surface area contributed by atoms with Crippen molar-refractivity contribution in [3.05, 3.63) is 68.7 Å². The molecule has 2 aromatic rings. The number of carbonyl (C=O) groups is 2. The molecule has 0 saturated carbocycles. The number of sulfonamides is 1. The van der Waals surface area contributed by atoms with E-state index in [4.69, 9.17) is 16.3 Å². The van der Waals surface area contributed by atoms with Crippen molar-refractivity contribution in [3.8, 4) is 0 Å². The molecule has 0 bridgehead atoms. The van der Waals surface area contributed by atoms with Gasteiger partial charge in [0.15, 0.2) is 0 Å². The minimum absolute atomic E-state index is 0.00304. The number of hydrogen-bond donors (Lipinski definition) is 2. The molecule has 1 saturated heterocycles. The molecule has 1 aliphatic heterocycles. The highest BCUT2D eigenvalue weighted by Crippen LogP contribution is 2.25. The molecule has 0 aromatic heterocycles. The summed E-state index contributed by atoms with van der Waals surface area (Å²) in [7, 11) is -3.80. The van der Waals surface area contributed by atoms with E-state index in [-0.39, 0.29) is 47.3 Å². The van der Waals surface area contributed by atoms with Crippen LogP contribution in [0, 0.1) is 10.1 Å². The minimum Gasteiger partial charge on any atom is -0.379 e. The molecule has 0 aliphatic carbocycles. The molecule has 2 amide bonds. The zero-order chi connectivity index (χ0) is 22.6. The van der Waals surface area contributed by atoms with Gasteiger partial charge in [0.25, 0.3) is 17.5 Å². The van der Waals surface area contributed by atoms with Crippen molar-refractivity contribution in [1.82, 2.24) is 15.2 Å². The van der Waals surface area contributed by atoms with Gasteiger partial charge in [0.1, 0.15) is 5.02 Å². The van der Waals surface area contributed by atoms with Gasteiger partial charge in [-0.05, 0) is 30.3 Å². The summed E-state index contributed by atoms with van der Waals surface area (Å²) in [4.78, 5) is 34.7. The lowest BCUT2D eigenvalue weighted by Crippen LogP contribution is -2.42. The maximum absolute atomic E-state index is 12.7. The largest absolute Gasteiger partial charge is 0.379 e. The Balaban J connectivity index is 1.70. The van der Waals surface area contributed by atoms with Crippen molar-refractivity contribution in [2.45, 2.75) is 4.90 Å². The third-order valence-electron chi connectivity index (χ3n) is 4.40. The Morgan fingerprint density at radius 3 is 2.26 bits per heavy atom. The molecule has 0 unspecified atom stereocenters. The van der Waals surface area contributed by atoms with Gasteiger partial charge < -0.3 is 4.74 Å². The fourth-order valence-corrected chi connectivity index (χ4v) is 4.43. The topological polar surface area (TPSA) is 148 Å². The summed E-state index contributed by atoms with van der Waals surface area (Å²) in [6.45, 7) is 0.993. The van der Waals surface area contributed by atoms with Crippen molar-refractivity contribution in [2.75, 3.05) is 26.3 Å². The SMILES string of the molecule is O=C(NNC(=O)c1ccc(Cl)c([N+](=O)[O-])c1)c1cccc(S(=O)(=O)N2CCOCC2)c1. The molecule has 1 aliphatic rings. The number of carbonyl (C=O) groups excluding carboxylic acids is 2. The molecule has 11 nitrogen and oxygen atoms in total. The summed E-state index contributed by atoms with van der Waals surface area (Å²) < 4.78 is 31.9. The normalized spacial score (nSPS) is 14.6. The second kappa shape index (κ2) is 9.39. The number of halogens is 1. The van der Waals surface area contributed by atoms with Crippen LogP contribution >= 0.6 is 11.6 Å². The summed E-state index contributed by atoms with van der Waals surface area (Å²) in [5.41, 5.74) is 3.72. The number of morpholine rings is 1. The minimum atomic E-state index is -3.80. The van der Waals surface area contributed by atoms with E-state index in [1.165, 1.54) is 40.7 Å². The molecule has 0 spiro atoms. The van der Waals surface area contributed by atoms with Crippen LogP contribution < -0.4 is 10.9 Å². The summed E-state index contributed by atoms with van der Waals surface area (Å²) in [6, 6.07) is 8.77. The maximum Gasteiger partial charge on any atom is 0.288 e. The third kappa shape index (κ3) is 5.17. The molecular formula is C18H17ClN4O7S. The first-order valence-corrected chi connectivity index (χ1v) is 10.7. The van der Waals surface area contributed by atoms with Crippen LogP contribution in [0.1, 0.15) is 20.7 Å². The Labute approximate surface area is 182 Å². The molecular weight excluding hydrogens is 452 g/mol. The smallest absolute Gasteiger partial charge is 0.288 e. The van der Waals surface area contributed by atoms with Gasteiger partial charge in [0.05, 0.1) is 23.0 Å². The van der Waals surface area contributed by atoms with Crippen molar-refractivity contribution in [1.29, 1.82) is 0 Å². The van der Waals surface area contributed by atoms with Gasteiger partial charge in [-0.25, -0.2) is 8.42 Å². The Hall–Kier alpha value is -3.06. The van der Waals surface area contributed by atoms with Gasteiger partial charge in [-0.3, -0.25) is 30.6 Å². The van der Waals surface area contributed by atoms with Crippen LogP contribution in [0.5, 0.6) is 0 Å².